The van der Waals surface area contributed by atoms with Crippen molar-refractivity contribution in [2.45, 2.75) is 46.0 Å². The predicted molar refractivity (Wildman–Crippen MR) is 71.7 cm³/mol. The Hall–Kier alpha value is 0.310. The Kier molecular flexibility index (Phi) is 4.23. The lowest BCUT2D eigenvalue weighted by Gasteiger charge is -2.60. The number of aliphatic hydroxyl groups is 1. The smallest absolute Gasteiger partial charge is 0.0438 e. The zero-order valence-corrected chi connectivity index (χ0v) is 11.6. The van der Waals surface area contributed by atoms with Crippen molar-refractivity contribution in [3.8, 4) is 0 Å². The molecule has 3 rings (SSSR count). The third kappa shape index (κ3) is 2.43. The van der Waals surface area contributed by atoms with Crippen LogP contribution in [-0.4, -0.2) is 23.2 Å². The summed E-state index contributed by atoms with van der Waals surface area (Å²) in [5.74, 6) is 5.50. The number of thioether (sulfide) groups is 1. The van der Waals surface area contributed by atoms with Crippen LogP contribution < -0.4 is 0 Å². The van der Waals surface area contributed by atoms with E-state index in [4.69, 9.17) is 5.11 Å². The minimum absolute atomic E-state index is 0.355. The first-order chi connectivity index (χ1) is 7.66. The summed E-state index contributed by atoms with van der Waals surface area (Å²) in [5.41, 5.74) is 0.651. The molecule has 3 fully saturated rings. The quantitative estimate of drug-likeness (QED) is 0.719. The molecule has 3 aliphatic carbocycles. The minimum atomic E-state index is 0.355. The highest BCUT2D eigenvalue weighted by molar-refractivity contribution is 7.99. The van der Waals surface area contributed by atoms with Gasteiger partial charge < -0.3 is 5.11 Å². The Balaban J connectivity index is 1.66. The topological polar surface area (TPSA) is 20.2 Å². The zero-order valence-electron chi connectivity index (χ0n) is 10.7. The lowest BCUT2D eigenvalue weighted by Crippen LogP contribution is -2.52. The van der Waals surface area contributed by atoms with Crippen LogP contribution in [0.2, 0.25) is 0 Å². The van der Waals surface area contributed by atoms with Crippen LogP contribution in [0.4, 0.5) is 0 Å². The molecule has 0 aromatic carbocycles. The molecule has 0 aromatic rings. The molecule has 2 heteroatoms. The fraction of sp³-hybridized carbons (Fsp3) is 1.00. The molecule has 0 unspecified atom stereocenters. The maximum atomic E-state index is 8.72. The van der Waals surface area contributed by atoms with Crippen molar-refractivity contribution >= 4 is 11.8 Å². The molecule has 0 amide bonds. The van der Waals surface area contributed by atoms with E-state index in [0.717, 1.165) is 29.9 Å². The van der Waals surface area contributed by atoms with Gasteiger partial charge in [-0.25, -0.2) is 0 Å². The van der Waals surface area contributed by atoms with Crippen molar-refractivity contribution in [2.24, 2.45) is 23.2 Å². The number of hydrogen-bond acceptors (Lipinski definition) is 2. The standard InChI is InChI=1S/C14H26OS/c1-14(2)12-5-4-11(13(14)10-12)6-9-16-8-3-7-15/h11-13,15H,3-10H2,1-2H3/t11-,12-,13+/m0/s1. The van der Waals surface area contributed by atoms with Crippen LogP contribution in [0.3, 0.4) is 0 Å². The molecular weight excluding hydrogens is 216 g/mol. The molecule has 1 nitrogen and oxygen atoms in total. The third-order valence-corrected chi connectivity index (χ3v) is 6.18. The SMILES string of the molecule is CC1(C)[C@H]2CC[C@@H](CCSCCCO)[C@H]1C2. The van der Waals surface area contributed by atoms with E-state index >= 15 is 0 Å². The van der Waals surface area contributed by atoms with Crippen LogP contribution in [0.5, 0.6) is 0 Å². The summed E-state index contributed by atoms with van der Waals surface area (Å²) < 4.78 is 0. The van der Waals surface area contributed by atoms with Gasteiger partial charge in [-0.15, -0.1) is 0 Å². The van der Waals surface area contributed by atoms with E-state index in [9.17, 15) is 0 Å². The Labute approximate surface area is 104 Å². The molecule has 16 heavy (non-hydrogen) atoms. The van der Waals surface area contributed by atoms with E-state index in [1.165, 1.54) is 31.4 Å². The van der Waals surface area contributed by atoms with Crippen LogP contribution in [0.25, 0.3) is 0 Å². The molecular formula is C14H26OS. The van der Waals surface area contributed by atoms with Gasteiger partial charge in [0.1, 0.15) is 0 Å². The van der Waals surface area contributed by atoms with Crippen LogP contribution in [0.15, 0.2) is 0 Å². The minimum Gasteiger partial charge on any atom is -0.396 e. The number of aliphatic hydroxyl groups excluding tert-OH is 1. The van der Waals surface area contributed by atoms with Crippen LogP contribution in [-0.2, 0) is 0 Å². The molecule has 0 aromatic heterocycles. The van der Waals surface area contributed by atoms with Crippen molar-refractivity contribution in [1.82, 2.24) is 0 Å². The van der Waals surface area contributed by atoms with Gasteiger partial charge in [0.05, 0.1) is 0 Å². The van der Waals surface area contributed by atoms with Gasteiger partial charge >= 0.3 is 0 Å². The maximum Gasteiger partial charge on any atom is 0.0438 e. The largest absolute Gasteiger partial charge is 0.396 e. The lowest BCUT2D eigenvalue weighted by atomic mass is 9.45. The van der Waals surface area contributed by atoms with E-state index < -0.39 is 0 Å². The highest BCUT2D eigenvalue weighted by atomic mass is 32.2. The molecule has 0 spiro atoms. The number of rotatable bonds is 6. The van der Waals surface area contributed by atoms with Gasteiger partial charge in [-0.3, -0.25) is 0 Å². The van der Waals surface area contributed by atoms with Crippen molar-refractivity contribution in [2.75, 3.05) is 18.1 Å². The Morgan fingerprint density at radius 1 is 1.25 bits per heavy atom. The summed E-state index contributed by atoms with van der Waals surface area (Å²) in [5, 5.41) is 8.72. The van der Waals surface area contributed by atoms with Crippen molar-refractivity contribution in [3.63, 3.8) is 0 Å². The van der Waals surface area contributed by atoms with Gasteiger partial charge in [-0.05, 0) is 66.8 Å². The normalized spacial score (nSPS) is 35.8. The molecule has 3 saturated carbocycles. The van der Waals surface area contributed by atoms with Gasteiger partial charge in [0, 0.05) is 6.61 Å². The highest BCUT2D eigenvalue weighted by Gasteiger charge is 2.53. The first-order valence-corrected chi connectivity index (χ1v) is 8.00. The van der Waals surface area contributed by atoms with Gasteiger partial charge in [-0.2, -0.15) is 11.8 Å². The summed E-state index contributed by atoms with van der Waals surface area (Å²) in [6.07, 6.45) is 6.86. The molecule has 3 atom stereocenters. The van der Waals surface area contributed by atoms with Crippen LogP contribution in [0.1, 0.15) is 46.0 Å². The van der Waals surface area contributed by atoms with E-state index in [-0.39, 0.29) is 0 Å². The number of hydrogen-bond donors (Lipinski definition) is 1. The third-order valence-electron chi connectivity index (χ3n) is 5.08. The summed E-state index contributed by atoms with van der Waals surface area (Å²) in [6, 6.07) is 0. The molecule has 3 aliphatic rings. The van der Waals surface area contributed by atoms with Gasteiger partial charge in [0.15, 0.2) is 0 Å². The molecule has 0 heterocycles. The molecule has 0 saturated heterocycles. The molecule has 1 N–H and O–H groups in total. The van der Waals surface area contributed by atoms with E-state index in [1.54, 1.807) is 0 Å². The highest BCUT2D eigenvalue weighted by Crippen LogP contribution is 2.62. The second-order valence-electron chi connectivity index (χ2n) is 6.18. The first kappa shape index (κ1) is 12.8. The van der Waals surface area contributed by atoms with Crippen molar-refractivity contribution in [3.05, 3.63) is 0 Å². The second-order valence-corrected chi connectivity index (χ2v) is 7.40. The average Bonchev–Trinajstić information content (AvgIpc) is 2.29. The summed E-state index contributed by atoms with van der Waals surface area (Å²) >= 11 is 2.03. The predicted octanol–water partition coefficient (Wildman–Crippen LogP) is 3.56. The fourth-order valence-corrected chi connectivity index (χ4v) is 4.82. The molecule has 94 valence electrons. The van der Waals surface area contributed by atoms with Crippen molar-refractivity contribution < 1.29 is 5.11 Å². The van der Waals surface area contributed by atoms with Crippen LogP contribution >= 0.6 is 11.8 Å². The van der Waals surface area contributed by atoms with E-state index in [0.29, 0.717) is 12.0 Å². The van der Waals surface area contributed by atoms with Gasteiger partial charge in [-0.1, -0.05) is 13.8 Å². The average molecular weight is 242 g/mol. The molecule has 2 bridgehead atoms. The molecule has 0 aliphatic heterocycles. The number of fused-ring (bicyclic) bond motifs is 2. The van der Waals surface area contributed by atoms with E-state index in [1.807, 2.05) is 11.8 Å². The van der Waals surface area contributed by atoms with Crippen molar-refractivity contribution in [1.29, 1.82) is 0 Å². The fourth-order valence-electron chi connectivity index (χ4n) is 3.81. The summed E-state index contributed by atoms with van der Waals surface area (Å²) in [7, 11) is 0. The van der Waals surface area contributed by atoms with Gasteiger partial charge in [0.25, 0.3) is 0 Å². The Morgan fingerprint density at radius 3 is 2.69 bits per heavy atom. The zero-order chi connectivity index (χ0) is 11.6. The van der Waals surface area contributed by atoms with E-state index in [2.05, 4.69) is 13.8 Å². The second kappa shape index (κ2) is 5.30. The van der Waals surface area contributed by atoms with Crippen LogP contribution in [0, 0.1) is 23.2 Å². The maximum absolute atomic E-state index is 8.72. The molecule has 0 radical (unpaired) electrons. The van der Waals surface area contributed by atoms with Gasteiger partial charge in [0.2, 0.25) is 0 Å². The Morgan fingerprint density at radius 2 is 2.06 bits per heavy atom. The Bertz CT molecular complexity index is 225. The summed E-state index contributed by atoms with van der Waals surface area (Å²) in [6.45, 7) is 5.32. The lowest BCUT2D eigenvalue weighted by molar-refractivity contribution is -0.105. The first-order valence-electron chi connectivity index (χ1n) is 6.85. The monoisotopic (exact) mass is 242 g/mol. The summed E-state index contributed by atoms with van der Waals surface area (Å²) in [4.78, 5) is 0.